The van der Waals surface area contributed by atoms with E-state index in [0.717, 1.165) is 25.7 Å². The van der Waals surface area contributed by atoms with Crippen molar-refractivity contribution in [3.05, 3.63) is 0 Å². The number of rotatable bonds is 3. The summed E-state index contributed by atoms with van der Waals surface area (Å²) >= 11 is 0. The van der Waals surface area contributed by atoms with E-state index in [4.69, 9.17) is 9.84 Å². The van der Waals surface area contributed by atoms with Crippen molar-refractivity contribution < 1.29 is 19.4 Å². The number of carboxylic acid groups (broad SMARTS) is 1. The summed E-state index contributed by atoms with van der Waals surface area (Å²) in [6.07, 6.45) is 5.24. The standard InChI is InChI=1S/C13H20N2O4/c16-12(17)10-2-1-5-15(10)13(18)14-7-8-6-9-3-4-11(8)19-9/h8-11H,1-7H2,(H,14,18)(H,16,17)/t8?,9?,10-,11?/m0/s1. The molecule has 19 heavy (non-hydrogen) atoms. The molecule has 3 fully saturated rings. The van der Waals surface area contributed by atoms with Crippen molar-refractivity contribution in [2.75, 3.05) is 13.1 Å². The van der Waals surface area contributed by atoms with Gasteiger partial charge in [-0.15, -0.1) is 0 Å². The van der Waals surface area contributed by atoms with E-state index in [9.17, 15) is 9.59 Å². The van der Waals surface area contributed by atoms with E-state index in [1.807, 2.05) is 0 Å². The maximum absolute atomic E-state index is 12.0. The lowest BCUT2D eigenvalue weighted by Gasteiger charge is -2.24. The van der Waals surface area contributed by atoms with Gasteiger partial charge in [0.2, 0.25) is 0 Å². The minimum atomic E-state index is -0.907. The maximum atomic E-state index is 12.0. The molecule has 0 aliphatic carbocycles. The molecular weight excluding hydrogens is 248 g/mol. The van der Waals surface area contributed by atoms with Crippen molar-refractivity contribution in [3.63, 3.8) is 0 Å². The second kappa shape index (κ2) is 5.00. The van der Waals surface area contributed by atoms with Gasteiger partial charge in [-0.25, -0.2) is 9.59 Å². The molecule has 2 N–H and O–H groups in total. The Morgan fingerprint density at radius 1 is 1.32 bits per heavy atom. The summed E-state index contributed by atoms with van der Waals surface area (Å²) in [5.74, 6) is -0.510. The summed E-state index contributed by atoms with van der Waals surface area (Å²) in [4.78, 5) is 24.5. The fraction of sp³-hybridized carbons (Fsp3) is 0.846. The smallest absolute Gasteiger partial charge is 0.326 e. The van der Waals surface area contributed by atoms with Crippen LogP contribution in [0.25, 0.3) is 0 Å². The molecule has 3 saturated heterocycles. The summed E-state index contributed by atoms with van der Waals surface area (Å²) in [5, 5.41) is 11.9. The number of carbonyl (C=O) groups is 2. The van der Waals surface area contributed by atoms with Gasteiger partial charge in [0, 0.05) is 19.0 Å². The molecule has 4 atom stereocenters. The monoisotopic (exact) mass is 268 g/mol. The van der Waals surface area contributed by atoms with Crippen LogP contribution in [0, 0.1) is 5.92 Å². The Balaban J connectivity index is 1.50. The van der Waals surface area contributed by atoms with Crippen LogP contribution in [0.5, 0.6) is 0 Å². The number of amides is 2. The summed E-state index contributed by atoms with van der Waals surface area (Å²) < 4.78 is 5.74. The number of likely N-dealkylation sites (tertiary alicyclic amines) is 1. The molecule has 0 aromatic heterocycles. The van der Waals surface area contributed by atoms with Gasteiger partial charge < -0.3 is 20.1 Å². The first-order valence-electron chi connectivity index (χ1n) is 7.08. The van der Waals surface area contributed by atoms with Crippen molar-refractivity contribution in [1.82, 2.24) is 10.2 Å². The number of fused-ring (bicyclic) bond motifs is 2. The zero-order valence-electron chi connectivity index (χ0n) is 10.9. The van der Waals surface area contributed by atoms with E-state index < -0.39 is 12.0 Å². The lowest BCUT2D eigenvalue weighted by Crippen LogP contribution is -2.47. The quantitative estimate of drug-likeness (QED) is 0.794. The molecule has 2 bridgehead atoms. The largest absolute Gasteiger partial charge is 0.480 e. The van der Waals surface area contributed by atoms with Gasteiger partial charge >= 0.3 is 12.0 Å². The molecule has 0 aromatic rings. The Morgan fingerprint density at radius 2 is 2.16 bits per heavy atom. The molecule has 3 rings (SSSR count). The van der Waals surface area contributed by atoms with Crippen LogP contribution in [0.4, 0.5) is 4.79 Å². The Labute approximate surface area is 112 Å². The number of aliphatic carboxylic acids is 1. The molecular formula is C13H20N2O4. The van der Waals surface area contributed by atoms with Crippen molar-refractivity contribution in [2.45, 2.75) is 50.4 Å². The third-order valence-electron chi connectivity index (χ3n) is 4.55. The Morgan fingerprint density at radius 3 is 2.79 bits per heavy atom. The fourth-order valence-electron chi connectivity index (χ4n) is 3.54. The van der Waals surface area contributed by atoms with E-state index in [1.165, 1.54) is 4.90 Å². The number of nitrogens with one attached hydrogen (secondary N) is 1. The zero-order chi connectivity index (χ0) is 13.4. The number of carboxylic acids is 1. The van der Waals surface area contributed by atoms with Gasteiger partial charge in [-0.3, -0.25) is 0 Å². The molecule has 6 heteroatoms. The number of hydrogen-bond donors (Lipinski definition) is 2. The zero-order valence-corrected chi connectivity index (χ0v) is 10.9. The molecule has 0 radical (unpaired) electrons. The first kappa shape index (κ1) is 12.7. The first-order chi connectivity index (χ1) is 9.15. The minimum Gasteiger partial charge on any atom is -0.480 e. The van der Waals surface area contributed by atoms with Crippen LogP contribution in [-0.4, -0.2) is 53.3 Å². The van der Waals surface area contributed by atoms with E-state index >= 15 is 0 Å². The molecule has 3 aliphatic rings. The average Bonchev–Trinajstić information content (AvgIpc) is 3.10. The van der Waals surface area contributed by atoms with Gasteiger partial charge in [0.15, 0.2) is 0 Å². The van der Waals surface area contributed by atoms with Gasteiger partial charge in [-0.05, 0) is 32.1 Å². The summed E-state index contributed by atoms with van der Waals surface area (Å²) in [6.45, 7) is 1.14. The summed E-state index contributed by atoms with van der Waals surface area (Å²) in [7, 11) is 0. The summed E-state index contributed by atoms with van der Waals surface area (Å²) in [5.41, 5.74) is 0. The highest BCUT2D eigenvalue weighted by atomic mass is 16.5. The topological polar surface area (TPSA) is 78.9 Å². The Hall–Kier alpha value is -1.30. The number of ether oxygens (including phenoxy) is 1. The van der Waals surface area contributed by atoms with Gasteiger partial charge in [-0.2, -0.15) is 0 Å². The predicted molar refractivity (Wildman–Crippen MR) is 66.8 cm³/mol. The molecule has 0 saturated carbocycles. The van der Waals surface area contributed by atoms with Gasteiger partial charge in [0.05, 0.1) is 12.2 Å². The van der Waals surface area contributed by atoms with E-state index in [-0.39, 0.29) is 6.03 Å². The third kappa shape index (κ3) is 2.41. The minimum absolute atomic E-state index is 0.243. The Bertz CT molecular complexity index is 387. The van der Waals surface area contributed by atoms with Crippen LogP contribution < -0.4 is 5.32 Å². The highest BCUT2D eigenvalue weighted by molar-refractivity contribution is 5.83. The van der Waals surface area contributed by atoms with Crippen LogP contribution in [-0.2, 0) is 9.53 Å². The van der Waals surface area contributed by atoms with Crippen LogP contribution in [0.15, 0.2) is 0 Å². The SMILES string of the molecule is O=C(O)[C@@H]1CCCN1C(=O)NCC1CC2CCC1O2. The van der Waals surface area contributed by atoms with Crippen molar-refractivity contribution >= 4 is 12.0 Å². The van der Waals surface area contributed by atoms with Crippen LogP contribution in [0.1, 0.15) is 32.1 Å². The molecule has 0 aromatic carbocycles. The molecule has 2 amide bonds. The highest BCUT2D eigenvalue weighted by Crippen LogP contribution is 2.38. The fourth-order valence-corrected chi connectivity index (χ4v) is 3.54. The second-order valence-electron chi connectivity index (χ2n) is 5.75. The van der Waals surface area contributed by atoms with Crippen molar-refractivity contribution in [1.29, 1.82) is 0 Å². The van der Waals surface area contributed by atoms with Crippen LogP contribution in [0.3, 0.4) is 0 Å². The lowest BCUT2D eigenvalue weighted by molar-refractivity contribution is -0.141. The predicted octanol–water partition coefficient (Wildman–Crippen LogP) is 0.812. The molecule has 106 valence electrons. The van der Waals surface area contributed by atoms with Gasteiger partial charge in [0.1, 0.15) is 6.04 Å². The van der Waals surface area contributed by atoms with Crippen molar-refractivity contribution in [2.24, 2.45) is 5.92 Å². The van der Waals surface area contributed by atoms with E-state index in [1.54, 1.807) is 0 Å². The second-order valence-corrected chi connectivity index (χ2v) is 5.75. The lowest BCUT2D eigenvalue weighted by atomic mass is 9.89. The number of hydrogen-bond acceptors (Lipinski definition) is 3. The first-order valence-corrected chi connectivity index (χ1v) is 7.08. The highest BCUT2D eigenvalue weighted by Gasteiger charge is 2.41. The molecule has 3 unspecified atom stereocenters. The molecule has 0 spiro atoms. The van der Waals surface area contributed by atoms with Gasteiger partial charge in [-0.1, -0.05) is 0 Å². The number of urea groups is 1. The molecule has 6 nitrogen and oxygen atoms in total. The van der Waals surface area contributed by atoms with Crippen LogP contribution in [0.2, 0.25) is 0 Å². The normalized spacial score (nSPS) is 36.7. The third-order valence-corrected chi connectivity index (χ3v) is 4.55. The van der Waals surface area contributed by atoms with E-state index in [0.29, 0.717) is 37.6 Å². The van der Waals surface area contributed by atoms with Gasteiger partial charge in [0.25, 0.3) is 0 Å². The Kier molecular flexibility index (Phi) is 3.35. The molecule has 3 aliphatic heterocycles. The van der Waals surface area contributed by atoms with Crippen molar-refractivity contribution in [3.8, 4) is 0 Å². The van der Waals surface area contributed by atoms with Crippen LogP contribution >= 0.6 is 0 Å². The molecule has 3 heterocycles. The number of nitrogens with zero attached hydrogens (tertiary/aromatic N) is 1. The maximum Gasteiger partial charge on any atom is 0.326 e. The van der Waals surface area contributed by atoms with E-state index in [2.05, 4.69) is 5.32 Å². The summed E-state index contributed by atoms with van der Waals surface area (Å²) in [6, 6.07) is -0.899. The average molecular weight is 268 g/mol. The number of carbonyl (C=O) groups excluding carboxylic acids is 1.